The number of nitrogens with zero attached hydrogens (tertiary/aromatic N) is 1. The average Bonchev–Trinajstić information content (AvgIpc) is 2.72. The molecule has 2 N–H and O–H groups in total. The zero-order valence-electron chi connectivity index (χ0n) is 9.75. The van der Waals surface area contributed by atoms with E-state index in [1.54, 1.807) is 13.2 Å². The molecule has 1 aromatic rings. The van der Waals surface area contributed by atoms with Crippen molar-refractivity contribution in [3.63, 3.8) is 0 Å². The van der Waals surface area contributed by atoms with Gasteiger partial charge in [-0.15, -0.1) is 0 Å². The van der Waals surface area contributed by atoms with E-state index < -0.39 is 0 Å². The molecule has 0 amide bonds. The zero-order chi connectivity index (χ0) is 12.4. The van der Waals surface area contributed by atoms with Gasteiger partial charge in [0.05, 0.1) is 28.0 Å². The minimum Gasteiger partial charge on any atom is -0.397 e. The molecule has 3 nitrogen and oxygen atoms in total. The molecule has 17 heavy (non-hydrogen) atoms. The molecular weight excluding hydrogens is 259 g/mol. The molecular formula is C12H16Cl2N2O. The van der Waals surface area contributed by atoms with Gasteiger partial charge in [0, 0.05) is 26.1 Å². The molecule has 2 rings (SSSR count). The van der Waals surface area contributed by atoms with Crippen LogP contribution in [-0.2, 0) is 4.74 Å². The smallest absolute Gasteiger partial charge is 0.0616 e. The SMILES string of the molecule is COCC1CCN(c2cc(Cl)c(Cl)cc2N)C1. The number of hydrogen-bond acceptors (Lipinski definition) is 3. The normalized spacial score (nSPS) is 19.9. The van der Waals surface area contributed by atoms with Crippen molar-refractivity contribution in [3.05, 3.63) is 22.2 Å². The number of ether oxygens (including phenoxy) is 1. The van der Waals surface area contributed by atoms with Crippen molar-refractivity contribution < 1.29 is 4.74 Å². The Labute approximate surface area is 111 Å². The summed E-state index contributed by atoms with van der Waals surface area (Å²) in [7, 11) is 1.73. The van der Waals surface area contributed by atoms with E-state index in [0.29, 0.717) is 21.7 Å². The molecule has 1 atom stereocenters. The molecule has 0 aromatic heterocycles. The van der Waals surface area contributed by atoms with Gasteiger partial charge in [-0.2, -0.15) is 0 Å². The van der Waals surface area contributed by atoms with E-state index in [1.165, 1.54) is 0 Å². The van der Waals surface area contributed by atoms with Gasteiger partial charge in [-0.3, -0.25) is 0 Å². The maximum Gasteiger partial charge on any atom is 0.0616 e. The lowest BCUT2D eigenvalue weighted by Crippen LogP contribution is -2.22. The summed E-state index contributed by atoms with van der Waals surface area (Å²) in [6.07, 6.45) is 1.12. The molecule has 1 aliphatic rings. The van der Waals surface area contributed by atoms with Gasteiger partial charge in [0.15, 0.2) is 0 Å². The third-order valence-electron chi connectivity index (χ3n) is 3.10. The number of rotatable bonds is 3. The minimum absolute atomic E-state index is 0.501. The van der Waals surface area contributed by atoms with Crippen LogP contribution in [0.4, 0.5) is 11.4 Å². The maximum atomic E-state index is 6.02. The highest BCUT2D eigenvalue weighted by atomic mass is 35.5. The topological polar surface area (TPSA) is 38.5 Å². The van der Waals surface area contributed by atoms with E-state index in [4.69, 9.17) is 33.7 Å². The van der Waals surface area contributed by atoms with Crippen LogP contribution in [0.25, 0.3) is 0 Å². The Balaban J connectivity index is 2.16. The number of halogens is 2. The van der Waals surface area contributed by atoms with Crippen LogP contribution in [0, 0.1) is 5.92 Å². The Morgan fingerprint density at radius 1 is 1.41 bits per heavy atom. The van der Waals surface area contributed by atoms with E-state index in [0.717, 1.165) is 31.8 Å². The highest BCUT2D eigenvalue weighted by Gasteiger charge is 2.24. The van der Waals surface area contributed by atoms with E-state index in [-0.39, 0.29) is 0 Å². The quantitative estimate of drug-likeness (QED) is 0.862. The highest BCUT2D eigenvalue weighted by molar-refractivity contribution is 6.42. The molecule has 1 heterocycles. The first kappa shape index (κ1) is 12.8. The lowest BCUT2D eigenvalue weighted by molar-refractivity contribution is 0.161. The number of nitrogen functional groups attached to an aromatic ring is 1. The molecule has 1 aromatic carbocycles. The first-order chi connectivity index (χ1) is 8.11. The second-order valence-electron chi connectivity index (χ2n) is 4.38. The Morgan fingerprint density at radius 2 is 2.12 bits per heavy atom. The van der Waals surface area contributed by atoms with Crippen LogP contribution in [0.15, 0.2) is 12.1 Å². The summed E-state index contributed by atoms with van der Waals surface area (Å²) < 4.78 is 5.18. The zero-order valence-corrected chi connectivity index (χ0v) is 11.3. The molecule has 0 saturated carbocycles. The predicted octanol–water partition coefficient (Wildman–Crippen LogP) is 3.05. The Kier molecular flexibility index (Phi) is 4.02. The standard InChI is InChI=1S/C12H16Cl2N2O/c1-17-7-8-2-3-16(6-8)12-5-10(14)9(13)4-11(12)15/h4-5,8H,2-3,6-7,15H2,1H3. The first-order valence-corrected chi connectivity index (χ1v) is 6.35. The van der Waals surface area contributed by atoms with Crippen LogP contribution in [0.5, 0.6) is 0 Å². The molecule has 0 radical (unpaired) electrons. The second kappa shape index (κ2) is 5.34. The highest BCUT2D eigenvalue weighted by Crippen LogP contribution is 2.35. The molecule has 1 unspecified atom stereocenters. The lowest BCUT2D eigenvalue weighted by atomic mass is 10.1. The lowest BCUT2D eigenvalue weighted by Gasteiger charge is -2.21. The van der Waals surface area contributed by atoms with E-state index in [9.17, 15) is 0 Å². The summed E-state index contributed by atoms with van der Waals surface area (Å²) in [6.45, 7) is 2.73. The van der Waals surface area contributed by atoms with Crippen molar-refractivity contribution in [1.29, 1.82) is 0 Å². The predicted molar refractivity (Wildman–Crippen MR) is 73.1 cm³/mol. The first-order valence-electron chi connectivity index (χ1n) is 5.60. The minimum atomic E-state index is 0.501. The number of anilines is 2. The maximum absolute atomic E-state index is 6.02. The third-order valence-corrected chi connectivity index (χ3v) is 3.82. The fourth-order valence-corrected chi connectivity index (χ4v) is 2.58. The van der Waals surface area contributed by atoms with Gasteiger partial charge in [-0.25, -0.2) is 0 Å². The Bertz CT molecular complexity index is 412. The van der Waals surface area contributed by atoms with E-state index in [1.807, 2.05) is 6.07 Å². The molecule has 1 aliphatic heterocycles. The summed E-state index contributed by atoms with van der Waals surface area (Å²) in [6, 6.07) is 3.55. The number of benzene rings is 1. The molecule has 1 saturated heterocycles. The fraction of sp³-hybridized carbons (Fsp3) is 0.500. The molecule has 0 spiro atoms. The van der Waals surface area contributed by atoms with Gasteiger partial charge in [-0.1, -0.05) is 23.2 Å². The van der Waals surface area contributed by atoms with Gasteiger partial charge in [0.2, 0.25) is 0 Å². The molecule has 1 fully saturated rings. The summed E-state index contributed by atoms with van der Waals surface area (Å²) in [5, 5.41) is 1.05. The molecule has 0 bridgehead atoms. The summed E-state index contributed by atoms with van der Waals surface area (Å²) in [4.78, 5) is 2.24. The van der Waals surface area contributed by atoms with Crippen LogP contribution >= 0.6 is 23.2 Å². The van der Waals surface area contributed by atoms with Crippen LogP contribution in [0.1, 0.15) is 6.42 Å². The van der Waals surface area contributed by atoms with Crippen LogP contribution in [0.2, 0.25) is 10.0 Å². The molecule has 5 heteroatoms. The number of methoxy groups -OCH3 is 1. The fourth-order valence-electron chi connectivity index (χ4n) is 2.25. The largest absolute Gasteiger partial charge is 0.397 e. The monoisotopic (exact) mass is 274 g/mol. The van der Waals surface area contributed by atoms with Crippen LogP contribution in [0.3, 0.4) is 0 Å². The van der Waals surface area contributed by atoms with Crippen LogP contribution in [-0.4, -0.2) is 26.8 Å². The molecule has 94 valence electrons. The summed E-state index contributed by atoms with van der Waals surface area (Å²) in [5.41, 5.74) is 7.62. The van der Waals surface area contributed by atoms with E-state index >= 15 is 0 Å². The summed E-state index contributed by atoms with van der Waals surface area (Å²) in [5.74, 6) is 0.564. The van der Waals surface area contributed by atoms with Crippen molar-refractivity contribution in [2.75, 3.05) is 37.4 Å². The van der Waals surface area contributed by atoms with Crippen molar-refractivity contribution in [2.45, 2.75) is 6.42 Å². The Hall–Kier alpha value is -0.640. The van der Waals surface area contributed by atoms with Gasteiger partial charge in [-0.05, 0) is 18.6 Å². The molecule has 0 aliphatic carbocycles. The van der Waals surface area contributed by atoms with Gasteiger partial charge >= 0.3 is 0 Å². The summed E-state index contributed by atoms with van der Waals surface area (Å²) >= 11 is 11.9. The van der Waals surface area contributed by atoms with Gasteiger partial charge in [0.1, 0.15) is 0 Å². The van der Waals surface area contributed by atoms with Crippen molar-refractivity contribution in [3.8, 4) is 0 Å². The van der Waals surface area contributed by atoms with Crippen molar-refractivity contribution >= 4 is 34.6 Å². The number of hydrogen-bond donors (Lipinski definition) is 1. The van der Waals surface area contributed by atoms with Crippen LogP contribution < -0.4 is 10.6 Å². The second-order valence-corrected chi connectivity index (χ2v) is 5.20. The number of nitrogens with two attached hydrogens (primary N) is 1. The van der Waals surface area contributed by atoms with Crippen molar-refractivity contribution in [1.82, 2.24) is 0 Å². The van der Waals surface area contributed by atoms with E-state index in [2.05, 4.69) is 4.90 Å². The van der Waals surface area contributed by atoms with Gasteiger partial charge < -0.3 is 15.4 Å². The Morgan fingerprint density at radius 3 is 2.82 bits per heavy atom. The third kappa shape index (κ3) is 2.79. The van der Waals surface area contributed by atoms with Gasteiger partial charge in [0.25, 0.3) is 0 Å². The average molecular weight is 275 g/mol. The van der Waals surface area contributed by atoms with Crippen molar-refractivity contribution in [2.24, 2.45) is 5.92 Å².